The maximum absolute atomic E-state index is 6.05. The van der Waals surface area contributed by atoms with Crippen molar-refractivity contribution in [3.05, 3.63) is 65.7 Å². The fourth-order valence-corrected chi connectivity index (χ4v) is 2.98. The number of aromatic amines is 1. The topological polar surface area (TPSA) is 72.3 Å². The summed E-state index contributed by atoms with van der Waals surface area (Å²) >= 11 is 6.05. The second-order valence-corrected chi connectivity index (χ2v) is 5.98. The van der Waals surface area contributed by atoms with Crippen molar-refractivity contribution in [3.63, 3.8) is 0 Å². The van der Waals surface area contributed by atoms with E-state index < -0.39 is 0 Å². The molecule has 1 unspecified atom stereocenters. The smallest absolute Gasteiger partial charge is 0.226 e. The third-order valence-electron chi connectivity index (χ3n) is 4.04. The van der Waals surface area contributed by atoms with E-state index in [2.05, 4.69) is 56.1 Å². The zero-order valence-electron chi connectivity index (χ0n) is 13.0. The molecule has 7 heteroatoms. The lowest BCUT2D eigenvalue weighted by Gasteiger charge is -2.13. The fourth-order valence-electron chi connectivity index (χ4n) is 2.81. The van der Waals surface area contributed by atoms with Crippen molar-refractivity contribution < 1.29 is 0 Å². The fraction of sp³-hybridized carbons (Fsp3) is 0.176. The zero-order valence-corrected chi connectivity index (χ0v) is 13.8. The van der Waals surface area contributed by atoms with Crippen LogP contribution in [0, 0.1) is 0 Å². The summed E-state index contributed by atoms with van der Waals surface area (Å²) in [5.74, 6) is 1.88. The molecular weight excluding hydrogens is 324 g/mol. The Morgan fingerprint density at radius 1 is 1.17 bits per heavy atom. The molecule has 6 nitrogen and oxygen atoms in total. The molecule has 4 aromatic rings. The summed E-state index contributed by atoms with van der Waals surface area (Å²) < 4.78 is 1.93. The van der Waals surface area contributed by atoms with Gasteiger partial charge in [-0.15, -0.1) is 0 Å². The summed E-state index contributed by atoms with van der Waals surface area (Å²) in [6.07, 6.45) is 6.01. The van der Waals surface area contributed by atoms with Crippen molar-refractivity contribution in [2.24, 2.45) is 0 Å². The average molecular weight is 339 g/mol. The molecule has 24 heavy (non-hydrogen) atoms. The second-order valence-electron chi connectivity index (χ2n) is 5.65. The molecule has 4 rings (SSSR count). The van der Waals surface area contributed by atoms with Gasteiger partial charge in [-0.1, -0.05) is 37.3 Å². The van der Waals surface area contributed by atoms with Crippen molar-refractivity contribution in [2.75, 3.05) is 0 Å². The molecule has 1 atom stereocenters. The Balaban J connectivity index is 1.73. The number of benzene rings is 1. The molecular formula is C17H15ClN6. The molecule has 1 aromatic carbocycles. The van der Waals surface area contributed by atoms with E-state index in [0.717, 1.165) is 12.2 Å². The number of imidazole rings is 2. The number of hydrogen-bond acceptors (Lipinski definition) is 4. The van der Waals surface area contributed by atoms with Gasteiger partial charge in [0.05, 0.1) is 6.33 Å². The predicted octanol–water partition coefficient (Wildman–Crippen LogP) is 3.54. The largest absolute Gasteiger partial charge is 0.329 e. The molecule has 3 heterocycles. The number of halogens is 1. The van der Waals surface area contributed by atoms with Gasteiger partial charge in [0.1, 0.15) is 5.82 Å². The number of nitrogens with one attached hydrogen (secondary N) is 1. The van der Waals surface area contributed by atoms with E-state index in [4.69, 9.17) is 11.6 Å². The van der Waals surface area contributed by atoms with Crippen LogP contribution in [-0.4, -0.2) is 29.5 Å². The van der Waals surface area contributed by atoms with Crippen LogP contribution in [0.4, 0.5) is 0 Å². The van der Waals surface area contributed by atoms with Crippen LogP contribution in [0.3, 0.4) is 0 Å². The summed E-state index contributed by atoms with van der Waals surface area (Å²) in [5.41, 5.74) is 2.56. The molecule has 0 aliphatic carbocycles. The molecule has 0 bridgehead atoms. The minimum atomic E-state index is 0.178. The molecule has 0 aliphatic heterocycles. The van der Waals surface area contributed by atoms with E-state index in [9.17, 15) is 0 Å². The monoisotopic (exact) mass is 338 g/mol. The zero-order chi connectivity index (χ0) is 16.5. The van der Waals surface area contributed by atoms with Crippen LogP contribution in [0.25, 0.3) is 17.0 Å². The lowest BCUT2D eigenvalue weighted by Crippen LogP contribution is -2.08. The first kappa shape index (κ1) is 14.8. The van der Waals surface area contributed by atoms with Crippen molar-refractivity contribution in [1.29, 1.82) is 0 Å². The lowest BCUT2D eigenvalue weighted by molar-refractivity contribution is 0.702. The van der Waals surface area contributed by atoms with E-state index in [1.807, 2.05) is 16.8 Å². The molecule has 0 fully saturated rings. The van der Waals surface area contributed by atoms with Gasteiger partial charge in [0, 0.05) is 18.8 Å². The summed E-state index contributed by atoms with van der Waals surface area (Å²) in [6, 6.07) is 10.4. The number of fused-ring (bicyclic) bond motifs is 1. The Labute approximate surface area is 143 Å². The first-order valence-electron chi connectivity index (χ1n) is 7.66. The highest BCUT2D eigenvalue weighted by atomic mass is 35.5. The van der Waals surface area contributed by atoms with Crippen molar-refractivity contribution in [3.8, 4) is 5.82 Å². The van der Waals surface area contributed by atoms with Crippen LogP contribution >= 0.6 is 11.6 Å². The van der Waals surface area contributed by atoms with Crippen LogP contribution in [0.2, 0.25) is 5.28 Å². The first-order valence-corrected chi connectivity index (χ1v) is 8.04. The van der Waals surface area contributed by atoms with Gasteiger partial charge >= 0.3 is 0 Å². The predicted molar refractivity (Wildman–Crippen MR) is 92.4 cm³/mol. The van der Waals surface area contributed by atoms with Gasteiger partial charge in [-0.25, -0.2) is 9.97 Å². The Morgan fingerprint density at radius 2 is 2.00 bits per heavy atom. The SMILES string of the molecule is CC(Cc1nccn1-c1nc(Cl)nc2[nH]cnc12)c1ccccc1. The lowest BCUT2D eigenvalue weighted by atomic mass is 9.97. The molecule has 1 N–H and O–H groups in total. The van der Waals surface area contributed by atoms with Gasteiger partial charge in [0.2, 0.25) is 5.28 Å². The Morgan fingerprint density at radius 3 is 2.83 bits per heavy atom. The highest BCUT2D eigenvalue weighted by molar-refractivity contribution is 6.28. The molecule has 120 valence electrons. The summed E-state index contributed by atoms with van der Waals surface area (Å²) in [6.45, 7) is 2.19. The van der Waals surface area contributed by atoms with Crippen LogP contribution in [0.15, 0.2) is 49.1 Å². The van der Waals surface area contributed by atoms with E-state index >= 15 is 0 Å². The maximum atomic E-state index is 6.05. The van der Waals surface area contributed by atoms with Crippen LogP contribution in [0.1, 0.15) is 24.2 Å². The number of hydrogen-bond donors (Lipinski definition) is 1. The number of aromatic nitrogens is 6. The Hall–Kier alpha value is -2.73. The Kier molecular flexibility index (Phi) is 3.74. The number of H-pyrrole nitrogens is 1. The third kappa shape index (κ3) is 2.65. The molecule has 0 radical (unpaired) electrons. The normalized spacial score (nSPS) is 12.6. The van der Waals surface area contributed by atoms with E-state index in [-0.39, 0.29) is 5.28 Å². The third-order valence-corrected chi connectivity index (χ3v) is 4.21. The molecule has 0 aliphatic rings. The standard InChI is InChI=1S/C17H15ClN6/c1-11(12-5-3-2-4-6-12)9-13-19-7-8-24(13)16-14-15(21-10-20-14)22-17(18)23-16/h2-8,10-11H,9H2,1H3,(H,20,21,22,23). The quantitative estimate of drug-likeness (QED) is 0.578. The van der Waals surface area contributed by atoms with Gasteiger partial charge in [0.15, 0.2) is 17.0 Å². The summed E-state index contributed by atoms with van der Waals surface area (Å²) in [7, 11) is 0. The molecule has 0 spiro atoms. The van der Waals surface area contributed by atoms with Crippen LogP contribution in [0.5, 0.6) is 0 Å². The Bertz CT molecular complexity index is 975. The highest BCUT2D eigenvalue weighted by Crippen LogP contribution is 2.23. The van der Waals surface area contributed by atoms with E-state index in [1.54, 1.807) is 12.5 Å². The van der Waals surface area contributed by atoms with Gasteiger partial charge in [0.25, 0.3) is 0 Å². The van der Waals surface area contributed by atoms with Crippen LogP contribution < -0.4 is 0 Å². The number of nitrogens with zero attached hydrogens (tertiary/aromatic N) is 5. The first-order chi connectivity index (χ1) is 11.7. The molecule has 0 saturated carbocycles. The summed E-state index contributed by atoms with van der Waals surface area (Å²) in [5, 5.41) is 0.178. The minimum absolute atomic E-state index is 0.178. The van der Waals surface area contributed by atoms with E-state index in [1.165, 1.54) is 5.56 Å². The molecule has 0 amide bonds. The van der Waals surface area contributed by atoms with Crippen molar-refractivity contribution in [1.82, 2.24) is 29.5 Å². The van der Waals surface area contributed by atoms with Crippen LogP contribution in [-0.2, 0) is 6.42 Å². The highest BCUT2D eigenvalue weighted by Gasteiger charge is 2.16. The van der Waals surface area contributed by atoms with Gasteiger partial charge < -0.3 is 4.98 Å². The van der Waals surface area contributed by atoms with Gasteiger partial charge in [-0.05, 0) is 23.1 Å². The molecule has 3 aromatic heterocycles. The minimum Gasteiger partial charge on any atom is -0.329 e. The number of rotatable bonds is 4. The summed E-state index contributed by atoms with van der Waals surface area (Å²) in [4.78, 5) is 20.3. The molecule has 0 saturated heterocycles. The van der Waals surface area contributed by atoms with Crippen molar-refractivity contribution >= 4 is 22.8 Å². The van der Waals surface area contributed by atoms with E-state index in [0.29, 0.717) is 22.9 Å². The second kappa shape index (κ2) is 6.05. The van der Waals surface area contributed by atoms with Gasteiger partial charge in [-0.2, -0.15) is 9.97 Å². The average Bonchev–Trinajstić information content (AvgIpc) is 3.24. The maximum Gasteiger partial charge on any atom is 0.226 e. The van der Waals surface area contributed by atoms with Gasteiger partial charge in [-0.3, -0.25) is 4.57 Å². The van der Waals surface area contributed by atoms with Crippen molar-refractivity contribution in [2.45, 2.75) is 19.3 Å².